The van der Waals surface area contributed by atoms with Crippen molar-refractivity contribution in [2.45, 2.75) is 146 Å². The molecule has 70 heavy (non-hydrogen) atoms. The van der Waals surface area contributed by atoms with Crippen LogP contribution in [0.2, 0.25) is 0 Å². The zero-order valence-corrected chi connectivity index (χ0v) is 41.0. The number of methoxy groups -OCH3 is 1. The molecule has 2 saturated carbocycles. The Labute approximate surface area is 407 Å². The van der Waals surface area contributed by atoms with E-state index in [1.165, 1.54) is 25.0 Å². The Kier molecular flexibility index (Phi) is 12.6. The molecule has 0 radical (unpaired) electrons. The van der Waals surface area contributed by atoms with Gasteiger partial charge in [0.2, 0.25) is 0 Å². The van der Waals surface area contributed by atoms with E-state index in [4.69, 9.17) is 42.6 Å². The predicted molar refractivity (Wildman–Crippen MR) is 250 cm³/mol. The molecule has 14 atom stereocenters. The predicted octanol–water partition coefficient (Wildman–Crippen LogP) is 7.08. The number of hydrogen-bond acceptors (Lipinski definition) is 15. The van der Waals surface area contributed by atoms with E-state index >= 15 is 4.79 Å². The van der Waals surface area contributed by atoms with Gasteiger partial charge < -0.3 is 52.8 Å². The Bertz CT molecular complexity index is 2540. The standard InChI is InChI=1S/C54H63NO15/c1-11-38-65-41-39-29(2)35(64-48(59)42-40(31-18-14-12-15-19-31)55(49(60)70-50(4,5)6)46(67-42)32-22-24-34(62-10)25-23-32)27-54(61,51(39,7)8)45(68-47(58)33-20-16-13-17-21-33)43-52(9,44(41)66-38)36(57)26-37-53(43,28-63-37)69-30(3)56/h11-25,35-38,40-46,57,61H,1,26-28H2,2-10H3/t35-,36-,37+,38?,40-,41+,42+,43-,44+,45-,46+,52+,53-,54+/m0/s1. The number of benzene rings is 3. The normalized spacial score (nSPS) is 36.2. The monoisotopic (exact) mass is 965 g/mol. The lowest BCUT2D eigenvalue weighted by Crippen LogP contribution is -2.82. The summed E-state index contributed by atoms with van der Waals surface area (Å²) in [7, 11) is 1.54. The number of hydrogen-bond donors (Lipinski definition) is 2. The van der Waals surface area contributed by atoms with Crippen LogP contribution in [0.3, 0.4) is 0 Å². The number of carbonyl (C=O) groups excluding carboxylic acids is 4. The molecule has 9 rings (SSSR count). The van der Waals surface area contributed by atoms with Crippen molar-refractivity contribution in [3.63, 3.8) is 0 Å². The zero-order chi connectivity index (χ0) is 50.3. The minimum atomic E-state index is -2.18. The molecule has 16 heteroatoms. The second-order valence-corrected chi connectivity index (χ2v) is 21.1. The number of rotatable bonds is 9. The van der Waals surface area contributed by atoms with Crippen molar-refractivity contribution in [1.82, 2.24) is 4.90 Å². The van der Waals surface area contributed by atoms with Gasteiger partial charge in [-0.2, -0.15) is 0 Å². The van der Waals surface area contributed by atoms with Gasteiger partial charge in [-0.25, -0.2) is 14.4 Å². The van der Waals surface area contributed by atoms with Crippen LogP contribution in [0.1, 0.15) is 102 Å². The van der Waals surface area contributed by atoms with Crippen molar-refractivity contribution in [3.05, 3.63) is 125 Å². The van der Waals surface area contributed by atoms with Crippen molar-refractivity contribution in [3.8, 4) is 5.75 Å². The summed E-state index contributed by atoms with van der Waals surface area (Å²) in [5.41, 5.74) is -5.26. The second kappa shape index (κ2) is 17.9. The van der Waals surface area contributed by atoms with Gasteiger partial charge >= 0.3 is 24.0 Å². The number of nitrogens with zero attached hydrogens (tertiary/aromatic N) is 1. The van der Waals surface area contributed by atoms with Crippen LogP contribution in [0.15, 0.2) is 109 Å². The van der Waals surface area contributed by atoms with Crippen LogP contribution in [0, 0.1) is 16.7 Å². The number of esters is 3. The average Bonchev–Trinajstić information content (AvgIpc) is 3.94. The molecule has 6 aliphatic rings. The summed E-state index contributed by atoms with van der Waals surface area (Å²) >= 11 is 0. The van der Waals surface area contributed by atoms with Crippen molar-refractivity contribution < 1.29 is 72.0 Å². The first-order valence-corrected chi connectivity index (χ1v) is 23.8. The van der Waals surface area contributed by atoms with Crippen LogP contribution in [0.5, 0.6) is 5.75 Å². The molecule has 16 nitrogen and oxygen atoms in total. The molecule has 1 amide bonds. The van der Waals surface area contributed by atoms with Crippen molar-refractivity contribution >= 4 is 24.0 Å². The zero-order valence-electron chi connectivity index (χ0n) is 41.0. The smallest absolute Gasteiger partial charge is 0.413 e. The summed E-state index contributed by atoms with van der Waals surface area (Å²) in [5, 5.41) is 26.6. The fraction of sp³-hybridized carbons (Fsp3) is 0.519. The van der Waals surface area contributed by atoms with E-state index in [9.17, 15) is 24.6 Å². The van der Waals surface area contributed by atoms with Crippen molar-refractivity contribution in [2.75, 3.05) is 13.7 Å². The molecule has 3 aromatic carbocycles. The lowest BCUT2D eigenvalue weighted by molar-refractivity contribution is -0.361. The molecule has 374 valence electrons. The van der Waals surface area contributed by atoms with Gasteiger partial charge in [0.1, 0.15) is 47.4 Å². The van der Waals surface area contributed by atoms with Gasteiger partial charge in [-0.1, -0.05) is 88.0 Å². The maximum atomic E-state index is 15.4. The topological polar surface area (TPSA) is 195 Å². The molecule has 0 spiro atoms. The average molecular weight is 966 g/mol. The quantitative estimate of drug-likeness (QED) is 0.125. The molecule has 1 unspecified atom stereocenters. The number of aliphatic hydroxyl groups is 2. The molecule has 5 fully saturated rings. The van der Waals surface area contributed by atoms with E-state index in [0.717, 1.165) is 0 Å². The first-order chi connectivity index (χ1) is 33.1. The fourth-order valence-corrected chi connectivity index (χ4v) is 12.2. The molecule has 2 N–H and O–H groups in total. The maximum absolute atomic E-state index is 15.4. The van der Waals surface area contributed by atoms with Crippen molar-refractivity contribution in [1.29, 1.82) is 0 Å². The summed E-state index contributed by atoms with van der Waals surface area (Å²) in [6.07, 6.45) is -10.2. The lowest BCUT2D eigenvalue weighted by atomic mass is 9.44. The van der Waals surface area contributed by atoms with Gasteiger partial charge in [0.05, 0.1) is 37.4 Å². The Morgan fingerprint density at radius 1 is 0.886 bits per heavy atom. The molecule has 3 heterocycles. The highest BCUT2D eigenvalue weighted by molar-refractivity contribution is 5.89. The highest BCUT2D eigenvalue weighted by atomic mass is 16.7. The van der Waals surface area contributed by atoms with Gasteiger partial charge in [-0.3, -0.25) is 9.69 Å². The van der Waals surface area contributed by atoms with Gasteiger partial charge in [-0.15, -0.1) is 0 Å². The first kappa shape index (κ1) is 49.4. The third-order valence-electron chi connectivity index (χ3n) is 15.6. The number of amides is 1. The highest BCUT2D eigenvalue weighted by Gasteiger charge is 2.79. The molecule has 0 aromatic heterocycles. The summed E-state index contributed by atoms with van der Waals surface area (Å²) in [6, 6.07) is 23.1. The van der Waals surface area contributed by atoms with E-state index in [2.05, 4.69) is 6.58 Å². The van der Waals surface area contributed by atoms with Crippen LogP contribution in [0.4, 0.5) is 4.79 Å². The Balaban J connectivity index is 1.20. The Morgan fingerprint density at radius 3 is 2.13 bits per heavy atom. The molecule has 3 aliphatic heterocycles. The maximum Gasteiger partial charge on any atom is 0.413 e. The number of aliphatic hydroxyl groups excluding tert-OH is 1. The number of ether oxygens (including phenoxy) is 9. The van der Waals surface area contributed by atoms with E-state index in [1.807, 2.05) is 6.07 Å². The van der Waals surface area contributed by atoms with E-state index in [-0.39, 0.29) is 25.0 Å². The SMILES string of the molecule is C=CC1O[C@@H]2C3=C(C)[C@@H](OC(=O)[C@@H]4O[C@H](c5ccc(OC)cc5)N(C(=O)OC(C)(C)C)[C@H]4c4ccccc4)C[C@@](O)([C@@H](OC(=O)c4ccccc4)[C@@H]4[C@]5(OC(C)=O)CO[C@@H]5C[C@H](O)[C@@]4(C)[C@@H]2O1)C3(C)C. The molecule has 3 aromatic rings. The van der Waals surface area contributed by atoms with E-state index in [0.29, 0.717) is 28.0 Å². The second-order valence-electron chi connectivity index (χ2n) is 21.1. The van der Waals surface area contributed by atoms with Gasteiger partial charge in [0.15, 0.2) is 24.2 Å². The van der Waals surface area contributed by atoms with Crippen LogP contribution >= 0.6 is 0 Å². The van der Waals surface area contributed by atoms with Gasteiger partial charge in [0.25, 0.3) is 0 Å². The number of carbonyl (C=O) groups is 4. The van der Waals surface area contributed by atoms with Crippen LogP contribution < -0.4 is 4.74 Å². The lowest BCUT2D eigenvalue weighted by Gasteiger charge is -2.68. The summed E-state index contributed by atoms with van der Waals surface area (Å²) in [5.74, 6) is -2.97. The number of fused-ring (bicyclic) bond motifs is 8. The fourth-order valence-electron chi connectivity index (χ4n) is 12.2. The summed E-state index contributed by atoms with van der Waals surface area (Å²) in [4.78, 5) is 59.1. The van der Waals surface area contributed by atoms with Crippen LogP contribution in [0.25, 0.3) is 0 Å². The molecule has 2 bridgehead atoms. The third kappa shape index (κ3) is 7.91. The van der Waals surface area contributed by atoms with E-state index < -0.39 is 119 Å². The largest absolute Gasteiger partial charge is 0.497 e. The van der Waals surface area contributed by atoms with E-state index in [1.54, 1.807) is 127 Å². The molecule has 3 saturated heterocycles. The van der Waals surface area contributed by atoms with Crippen LogP contribution in [-0.2, 0) is 47.5 Å². The third-order valence-corrected chi connectivity index (χ3v) is 15.6. The molecular formula is C54H63NO15. The van der Waals surface area contributed by atoms with Gasteiger partial charge in [-0.05, 0) is 74.7 Å². The minimum absolute atomic E-state index is 0.0207. The summed E-state index contributed by atoms with van der Waals surface area (Å²) in [6.45, 7) is 17.5. The molecule has 3 aliphatic carbocycles. The minimum Gasteiger partial charge on any atom is -0.497 e. The first-order valence-electron chi connectivity index (χ1n) is 23.8. The van der Waals surface area contributed by atoms with Gasteiger partial charge in [0, 0.05) is 36.2 Å². The summed E-state index contributed by atoms with van der Waals surface area (Å²) < 4.78 is 57.3. The Morgan fingerprint density at radius 2 is 1.54 bits per heavy atom. The Hall–Kier alpha value is -5.62. The highest BCUT2D eigenvalue weighted by Crippen LogP contribution is 2.67. The molecular weight excluding hydrogens is 903 g/mol. The van der Waals surface area contributed by atoms with Crippen molar-refractivity contribution in [2.24, 2.45) is 16.7 Å². The van der Waals surface area contributed by atoms with Crippen LogP contribution in [-0.4, -0.2) is 119 Å².